The van der Waals surface area contributed by atoms with Crippen molar-refractivity contribution in [2.24, 2.45) is 0 Å². The summed E-state index contributed by atoms with van der Waals surface area (Å²) >= 11 is 0. The van der Waals surface area contributed by atoms with Crippen molar-refractivity contribution >= 4 is 16.0 Å². The van der Waals surface area contributed by atoms with Crippen LogP contribution in [-0.4, -0.2) is 23.4 Å². The van der Waals surface area contributed by atoms with Gasteiger partial charge in [0.05, 0.1) is 12.4 Å². The molecule has 2 rings (SSSR count). The van der Waals surface area contributed by atoms with Gasteiger partial charge in [-0.1, -0.05) is 0 Å². The van der Waals surface area contributed by atoms with E-state index in [4.69, 9.17) is 5.73 Å². The number of sulfonamides is 1. The first kappa shape index (κ1) is 12.4. The predicted octanol–water partition coefficient (Wildman–Crippen LogP) is -0.0677. The summed E-state index contributed by atoms with van der Waals surface area (Å²) in [5.74, 6) is 0.0306. The smallest absolute Gasteiger partial charge is 0.243 e. The van der Waals surface area contributed by atoms with E-state index in [-0.39, 0.29) is 17.4 Å². The van der Waals surface area contributed by atoms with E-state index in [1.807, 2.05) is 0 Å². The van der Waals surface area contributed by atoms with Crippen molar-refractivity contribution in [3.05, 3.63) is 42.5 Å². The third-order valence-corrected chi connectivity index (χ3v) is 3.53. The van der Waals surface area contributed by atoms with Gasteiger partial charge in [0, 0.05) is 18.9 Å². The number of hydrogen-bond donors (Lipinski definition) is 2. The van der Waals surface area contributed by atoms with Crippen LogP contribution in [0.2, 0.25) is 0 Å². The van der Waals surface area contributed by atoms with E-state index in [9.17, 15) is 8.42 Å². The van der Waals surface area contributed by atoms with Gasteiger partial charge in [0.25, 0.3) is 0 Å². The van der Waals surface area contributed by atoms with Crippen LogP contribution < -0.4 is 10.5 Å². The number of hydrogen-bond acceptors (Lipinski definition) is 6. The predicted molar refractivity (Wildman–Crippen MR) is 64.7 cm³/mol. The lowest BCUT2D eigenvalue weighted by molar-refractivity contribution is 0.580. The lowest BCUT2D eigenvalue weighted by atomic mass is 10.3. The van der Waals surface area contributed by atoms with Gasteiger partial charge >= 0.3 is 0 Å². The summed E-state index contributed by atoms with van der Waals surface area (Å²) < 4.78 is 26.2. The molecule has 3 N–H and O–H groups in total. The van der Waals surface area contributed by atoms with E-state index in [1.165, 1.54) is 0 Å². The van der Waals surface area contributed by atoms with Gasteiger partial charge < -0.3 is 5.73 Å². The Morgan fingerprint density at radius 1 is 1.17 bits per heavy atom. The van der Waals surface area contributed by atoms with E-state index < -0.39 is 10.0 Å². The van der Waals surface area contributed by atoms with Gasteiger partial charge in [-0.05, 0) is 17.7 Å². The van der Waals surface area contributed by atoms with Crippen LogP contribution >= 0.6 is 0 Å². The van der Waals surface area contributed by atoms with Crippen LogP contribution in [0.1, 0.15) is 5.56 Å². The molecule has 0 aliphatic rings. The highest BCUT2D eigenvalue weighted by Gasteiger charge is 2.14. The van der Waals surface area contributed by atoms with Crippen LogP contribution in [0, 0.1) is 0 Å². The van der Waals surface area contributed by atoms with E-state index in [2.05, 4.69) is 19.7 Å². The summed E-state index contributed by atoms with van der Waals surface area (Å²) in [4.78, 5) is 11.1. The molecule has 0 aliphatic heterocycles. The Balaban J connectivity index is 2.11. The second kappa shape index (κ2) is 5.07. The Labute approximate surface area is 104 Å². The monoisotopic (exact) mass is 265 g/mol. The van der Waals surface area contributed by atoms with Crippen molar-refractivity contribution in [1.82, 2.24) is 19.7 Å². The van der Waals surface area contributed by atoms with Gasteiger partial charge in [-0.25, -0.2) is 23.1 Å². The average molecular weight is 265 g/mol. The number of rotatable bonds is 4. The molecule has 0 spiro atoms. The van der Waals surface area contributed by atoms with Gasteiger partial charge in [0.2, 0.25) is 16.0 Å². The zero-order valence-electron chi connectivity index (χ0n) is 9.31. The molecule has 0 amide bonds. The van der Waals surface area contributed by atoms with Crippen LogP contribution in [-0.2, 0) is 16.6 Å². The fourth-order valence-electron chi connectivity index (χ4n) is 1.23. The van der Waals surface area contributed by atoms with Crippen LogP contribution in [0.3, 0.4) is 0 Å². The van der Waals surface area contributed by atoms with Crippen molar-refractivity contribution in [3.8, 4) is 0 Å². The fraction of sp³-hybridized carbons (Fsp3) is 0.100. The van der Waals surface area contributed by atoms with Crippen LogP contribution in [0.25, 0.3) is 0 Å². The maximum absolute atomic E-state index is 11.9. The third kappa shape index (κ3) is 2.99. The molecule has 0 atom stereocenters. The molecule has 0 fully saturated rings. The normalized spacial score (nSPS) is 11.3. The number of nitrogens with two attached hydrogens (primary N) is 1. The minimum atomic E-state index is -3.63. The summed E-state index contributed by atoms with van der Waals surface area (Å²) in [7, 11) is -3.63. The number of pyridine rings is 1. The second-order valence-corrected chi connectivity index (χ2v) is 5.22. The lowest BCUT2D eigenvalue weighted by Gasteiger charge is -2.05. The standard InChI is InChI=1S/C10H11N5O2S/c11-10-13-6-9(7-14-10)18(16,17)15-5-8-1-3-12-4-2-8/h1-4,6-7,15H,5H2,(H2,11,13,14). The Morgan fingerprint density at radius 2 is 1.78 bits per heavy atom. The van der Waals surface area contributed by atoms with Crippen LogP contribution in [0.15, 0.2) is 41.8 Å². The molecule has 0 bridgehead atoms. The summed E-state index contributed by atoms with van der Waals surface area (Å²) in [6.07, 6.45) is 5.51. The van der Waals surface area contributed by atoms with Crippen molar-refractivity contribution in [2.45, 2.75) is 11.4 Å². The van der Waals surface area contributed by atoms with Gasteiger partial charge in [0.15, 0.2) is 0 Å². The molecular formula is C10H11N5O2S. The highest BCUT2D eigenvalue weighted by atomic mass is 32.2. The minimum absolute atomic E-state index is 0.0224. The topological polar surface area (TPSA) is 111 Å². The largest absolute Gasteiger partial charge is 0.368 e. The Morgan fingerprint density at radius 3 is 2.39 bits per heavy atom. The maximum Gasteiger partial charge on any atom is 0.243 e. The highest BCUT2D eigenvalue weighted by Crippen LogP contribution is 2.07. The van der Waals surface area contributed by atoms with Crippen LogP contribution in [0.5, 0.6) is 0 Å². The molecule has 18 heavy (non-hydrogen) atoms. The average Bonchev–Trinajstić information content (AvgIpc) is 2.38. The molecule has 0 unspecified atom stereocenters. The van der Waals surface area contributed by atoms with Gasteiger partial charge in [0.1, 0.15) is 4.90 Å². The first-order valence-corrected chi connectivity index (χ1v) is 6.52. The first-order valence-electron chi connectivity index (χ1n) is 5.04. The summed E-state index contributed by atoms with van der Waals surface area (Å²) in [5.41, 5.74) is 6.10. The number of nitrogens with one attached hydrogen (secondary N) is 1. The maximum atomic E-state index is 11.9. The lowest BCUT2D eigenvalue weighted by Crippen LogP contribution is -2.23. The zero-order valence-corrected chi connectivity index (χ0v) is 10.1. The van der Waals surface area contributed by atoms with E-state index in [0.717, 1.165) is 18.0 Å². The molecule has 2 aromatic rings. The molecule has 2 heterocycles. The van der Waals surface area contributed by atoms with Gasteiger partial charge in [-0.2, -0.15) is 0 Å². The third-order valence-electron chi connectivity index (χ3n) is 2.17. The molecule has 2 aromatic heterocycles. The highest BCUT2D eigenvalue weighted by molar-refractivity contribution is 7.89. The number of nitrogens with zero attached hydrogens (tertiary/aromatic N) is 3. The van der Waals surface area contributed by atoms with Gasteiger partial charge in [-0.3, -0.25) is 4.98 Å². The molecular weight excluding hydrogens is 254 g/mol. The van der Waals surface area contributed by atoms with E-state index in [0.29, 0.717) is 0 Å². The molecule has 7 nitrogen and oxygen atoms in total. The summed E-state index contributed by atoms with van der Waals surface area (Å²) in [5, 5.41) is 0. The Hall–Kier alpha value is -2.06. The van der Waals surface area contributed by atoms with Crippen molar-refractivity contribution in [3.63, 3.8) is 0 Å². The summed E-state index contributed by atoms with van der Waals surface area (Å²) in [6, 6.07) is 3.45. The zero-order chi connectivity index (χ0) is 13.0. The molecule has 0 saturated heterocycles. The minimum Gasteiger partial charge on any atom is -0.368 e. The van der Waals surface area contributed by atoms with Crippen molar-refractivity contribution in [1.29, 1.82) is 0 Å². The second-order valence-electron chi connectivity index (χ2n) is 3.46. The molecule has 0 aromatic carbocycles. The molecule has 94 valence electrons. The fourth-order valence-corrected chi connectivity index (χ4v) is 2.13. The first-order chi connectivity index (χ1) is 8.58. The Bertz CT molecular complexity index is 612. The quantitative estimate of drug-likeness (QED) is 0.800. The summed E-state index contributed by atoms with van der Waals surface area (Å²) in [6.45, 7) is 0.176. The van der Waals surface area contributed by atoms with Crippen molar-refractivity contribution < 1.29 is 8.42 Å². The van der Waals surface area contributed by atoms with Gasteiger partial charge in [-0.15, -0.1) is 0 Å². The van der Waals surface area contributed by atoms with Crippen molar-refractivity contribution in [2.75, 3.05) is 5.73 Å². The molecule has 0 saturated carbocycles. The number of nitrogen functional groups attached to an aromatic ring is 1. The van der Waals surface area contributed by atoms with E-state index >= 15 is 0 Å². The van der Waals surface area contributed by atoms with E-state index in [1.54, 1.807) is 24.5 Å². The molecule has 0 radical (unpaired) electrons. The SMILES string of the molecule is Nc1ncc(S(=O)(=O)NCc2ccncc2)cn1. The number of aromatic nitrogens is 3. The molecule has 0 aliphatic carbocycles. The van der Waals surface area contributed by atoms with Crippen LogP contribution in [0.4, 0.5) is 5.95 Å². The number of anilines is 1. The Kier molecular flexibility index (Phi) is 3.49. The molecule has 8 heteroatoms.